The van der Waals surface area contributed by atoms with Gasteiger partial charge in [0.2, 0.25) is 5.91 Å². The largest absolute Gasteiger partial charge is 0.355 e. The van der Waals surface area contributed by atoms with Gasteiger partial charge in [0.25, 0.3) is 0 Å². The van der Waals surface area contributed by atoms with Crippen LogP contribution < -0.4 is 5.32 Å². The Labute approximate surface area is 168 Å². The molecule has 0 bridgehead atoms. The van der Waals surface area contributed by atoms with Gasteiger partial charge in [0.15, 0.2) is 0 Å². The van der Waals surface area contributed by atoms with Crippen molar-refractivity contribution in [1.82, 2.24) is 14.7 Å². The monoisotopic (exact) mass is 389 g/mol. The number of nitrogens with zero attached hydrogens (tertiary/aromatic N) is 2. The highest BCUT2D eigenvalue weighted by molar-refractivity contribution is 6.30. The zero-order chi connectivity index (χ0) is 19.3. The van der Waals surface area contributed by atoms with Crippen LogP contribution in [0.2, 0.25) is 5.02 Å². The molecule has 0 atom stereocenters. The number of carbonyl (C=O) groups excluding carboxylic acids is 1. The summed E-state index contributed by atoms with van der Waals surface area (Å²) in [7, 11) is 0. The molecule has 4 nitrogen and oxygen atoms in total. The van der Waals surface area contributed by atoms with E-state index in [1.807, 2.05) is 71.3 Å². The Morgan fingerprint density at radius 3 is 2.50 bits per heavy atom. The molecule has 0 spiro atoms. The van der Waals surface area contributed by atoms with E-state index in [9.17, 15) is 4.79 Å². The second-order valence-corrected chi connectivity index (χ2v) is 7.04. The molecule has 0 fully saturated rings. The molecular weight excluding hydrogens is 370 g/mol. The van der Waals surface area contributed by atoms with Gasteiger partial charge in [-0.15, -0.1) is 0 Å². The summed E-state index contributed by atoms with van der Waals surface area (Å²) in [6.45, 7) is 0.607. The van der Waals surface area contributed by atoms with Gasteiger partial charge in [-0.3, -0.25) is 4.79 Å². The van der Waals surface area contributed by atoms with E-state index in [2.05, 4.69) is 17.4 Å². The fourth-order valence-corrected chi connectivity index (χ4v) is 3.39. The van der Waals surface area contributed by atoms with Gasteiger partial charge in [-0.05, 0) is 36.2 Å². The highest BCUT2D eigenvalue weighted by Crippen LogP contribution is 2.26. The third-order valence-electron chi connectivity index (χ3n) is 4.65. The predicted octanol–water partition coefficient (Wildman–Crippen LogP) is 4.56. The molecule has 4 aromatic rings. The fraction of sp³-hybridized carbons (Fsp3) is 0.130. The van der Waals surface area contributed by atoms with Crippen molar-refractivity contribution in [2.24, 2.45) is 0 Å². The first-order valence-corrected chi connectivity index (χ1v) is 9.61. The van der Waals surface area contributed by atoms with Crippen molar-refractivity contribution < 1.29 is 4.79 Å². The zero-order valence-electron chi connectivity index (χ0n) is 15.3. The molecule has 0 saturated carbocycles. The van der Waals surface area contributed by atoms with Crippen molar-refractivity contribution in [2.45, 2.75) is 12.8 Å². The number of halogens is 1. The molecule has 2 aromatic carbocycles. The van der Waals surface area contributed by atoms with Crippen LogP contribution in [-0.4, -0.2) is 21.8 Å². The molecule has 1 amide bonds. The van der Waals surface area contributed by atoms with Gasteiger partial charge in [-0.2, -0.15) is 0 Å². The third kappa shape index (κ3) is 4.07. The van der Waals surface area contributed by atoms with Crippen LogP contribution in [0, 0.1) is 0 Å². The first kappa shape index (κ1) is 18.3. The Morgan fingerprint density at radius 1 is 0.964 bits per heavy atom. The highest BCUT2D eigenvalue weighted by atomic mass is 35.5. The number of amides is 1. The van der Waals surface area contributed by atoms with E-state index < -0.39 is 0 Å². The number of hydrogen-bond acceptors (Lipinski definition) is 2. The first-order valence-electron chi connectivity index (χ1n) is 9.23. The second kappa shape index (κ2) is 8.28. The Hall–Kier alpha value is -3.11. The summed E-state index contributed by atoms with van der Waals surface area (Å²) in [6, 6.07) is 23.5. The molecule has 2 heterocycles. The highest BCUT2D eigenvalue weighted by Gasteiger charge is 2.16. The standard InChI is InChI=1S/C23H20ClN3O/c24-19-11-9-18(10-12-19)23-20(27-15-5-4-8-21(27)26-23)16-22(28)25-14-13-17-6-2-1-3-7-17/h1-12,15H,13-14,16H2,(H,25,28). The number of fused-ring (bicyclic) bond motifs is 1. The normalized spacial score (nSPS) is 10.9. The van der Waals surface area contributed by atoms with Crippen LogP contribution in [0.4, 0.5) is 0 Å². The lowest BCUT2D eigenvalue weighted by Crippen LogP contribution is -2.27. The Morgan fingerprint density at radius 2 is 1.71 bits per heavy atom. The lowest BCUT2D eigenvalue weighted by Gasteiger charge is -2.08. The van der Waals surface area contributed by atoms with E-state index >= 15 is 0 Å². The number of carbonyl (C=O) groups is 1. The van der Waals surface area contributed by atoms with Crippen LogP contribution in [0.1, 0.15) is 11.3 Å². The summed E-state index contributed by atoms with van der Waals surface area (Å²) in [5, 5.41) is 3.69. The van der Waals surface area contributed by atoms with Gasteiger partial charge in [-0.1, -0.05) is 60.1 Å². The molecule has 1 N–H and O–H groups in total. The molecule has 0 aliphatic heterocycles. The Kier molecular flexibility index (Phi) is 5.40. The molecule has 4 rings (SSSR count). The maximum Gasteiger partial charge on any atom is 0.226 e. The third-order valence-corrected chi connectivity index (χ3v) is 4.91. The minimum absolute atomic E-state index is 0.0169. The zero-order valence-corrected chi connectivity index (χ0v) is 16.1. The van der Waals surface area contributed by atoms with Crippen LogP contribution in [0.15, 0.2) is 79.0 Å². The van der Waals surface area contributed by atoms with Crippen LogP contribution in [0.5, 0.6) is 0 Å². The van der Waals surface area contributed by atoms with E-state index in [1.165, 1.54) is 5.56 Å². The molecule has 0 aliphatic rings. The van der Waals surface area contributed by atoms with Gasteiger partial charge in [0, 0.05) is 23.3 Å². The molecule has 5 heteroatoms. The smallest absolute Gasteiger partial charge is 0.226 e. The molecule has 28 heavy (non-hydrogen) atoms. The van der Waals surface area contributed by atoms with Crippen molar-refractivity contribution >= 4 is 23.2 Å². The van der Waals surface area contributed by atoms with Gasteiger partial charge in [-0.25, -0.2) is 4.98 Å². The Balaban J connectivity index is 1.54. The van der Waals surface area contributed by atoms with Crippen molar-refractivity contribution in [3.8, 4) is 11.3 Å². The summed E-state index contributed by atoms with van der Waals surface area (Å²) in [5.74, 6) is -0.0169. The average molecular weight is 390 g/mol. The van der Waals surface area contributed by atoms with E-state index in [-0.39, 0.29) is 12.3 Å². The maximum atomic E-state index is 12.6. The molecular formula is C23H20ClN3O. The number of aromatic nitrogens is 2. The fourth-order valence-electron chi connectivity index (χ4n) is 3.26. The van der Waals surface area contributed by atoms with Crippen LogP contribution in [0.25, 0.3) is 16.9 Å². The minimum Gasteiger partial charge on any atom is -0.355 e. The van der Waals surface area contributed by atoms with Gasteiger partial charge in [0.1, 0.15) is 5.65 Å². The number of nitrogens with one attached hydrogen (secondary N) is 1. The first-order chi connectivity index (χ1) is 13.7. The van der Waals surface area contributed by atoms with Crippen molar-refractivity contribution in [1.29, 1.82) is 0 Å². The summed E-state index contributed by atoms with van der Waals surface area (Å²) in [6.07, 6.45) is 3.01. The topological polar surface area (TPSA) is 46.4 Å². The molecule has 0 saturated heterocycles. The second-order valence-electron chi connectivity index (χ2n) is 6.61. The quantitative estimate of drug-likeness (QED) is 0.525. The Bertz CT molecular complexity index is 1090. The number of benzene rings is 2. The average Bonchev–Trinajstić information content (AvgIpc) is 3.08. The van der Waals surface area contributed by atoms with Gasteiger partial charge >= 0.3 is 0 Å². The van der Waals surface area contributed by atoms with Crippen molar-refractivity contribution in [3.63, 3.8) is 0 Å². The number of rotatable bonds is 6. The summed E-state index contributed by atoms with van der Waals surface area (Å²) in [4.78, 5) is 17.3. The van der Waals surface area contributed by atoms with Gasteiger partial charge < -0.3 is 9.72 Å². The molecule has 0 unspecified atom stereocenters. The molecule has 140 valence electrons. The van der Waals surface area contributed by atoms with Gasteiger partial charge in [0.05, 0.1) is 17.8 Å². The predicted molar refractivity (Wildman–Crippen MR) is 112 cm³/mol. The molecule has 0 radical (unpaired) electrons. The summed E-state index contributed by atoms with van der Waals surface area (Å²) >= 11 is 6.02. The van der Waals surface area contributed by atoms with E-state index in [0.717, 1.165) is 29.0 Å². The van der Waals surface area contributed by atoms with Crippen molar-refractivity contribution in [3.05, 3.63) is 95.3 Å². The van der Waals surface area contributed by atoms with E-state index in [1.54, 1.807) is 0 Å². The van der Waals surface area contributed by atoms with Crippen LogP contribution >= 0.6 is 11.6 Å². The van der Waals surface area contributed by atoms with E-state index in [0.29, 0.717) is 11.6 Å². The number of imidazole rings is 1. The summed E-state index contributed by atoms with van der Waals surface area (Å²) < 4.78 is 1.97. The van der Waals surface area contributed by atoms with Crippen LogP contribution in [0.3, 0.4) is 0 Å². The summed E-state index contributed by atoms with van der Waals surface area (Å²) in [5.41, 5.74) is 4.65. The maximum absolute atomic E-state index is 12.6. The minimum atomic E-state index is -0.0169. The molecule has 0 aliphatic carbocycles. The van der Waals surface area contributed by atoms with Crippen molar-refractivity contribution in [2.75, 3.05) is 6.54 Å². The lowest BCUT2D eigenvalue weighted by atomic mass is 10.1. The number of pyridine rings is 1. The number of hydrogen-bond donors (Lipinski definition) is 1. The SMILES string of the molecule is O=C(Cc1c(-c2ccc(Cl)cc2)nc2ccccn12)NCCc1ccccc1. The lowest BCUT2D eigenvalue weighted by molar-refractivity contribution is -0.120. The molecule has 2 aromatic heterocycles. The van der Waals surface area contributed by atoms with E-state index in [4.69, 9.17) is 16.6 Å². The van der Waals surface area contributed by atoms with Crippen LogP contribution in [-0.2, 0) is 17.6 Å².